The molecule has 210 valence electrons. The average molecular weight is 527 g/mol. The standard InChI is InChI=1S/C32H46O6/c1-17(14-20(36-18(2)33)26-28(5,6)38-26)32-22-15-19(34)25-29(7)12-11-23(35)27(3,4)21(29)10-13-30(25,8)31(22,9)16-24(32)37-32/h15,17,20-21,24-26H,10-14,16H2,1-9H3/t17-,20+,21+,24+,25+,26-,29+,30+,31+,32-/m1/s1. The largest absolute Gasteiger partial charge is 0.460 e. The normalized spacial score (nSPS) is 49.0. The second-order valence-corrected chi connectivity index (χ2v) is 15.4. The third-order valence-corrected chi connectivity index (χ3v) is 12.8. The Labute approximate surface area is 227 Å². The highest BCUT2D eigenvalue weighted by Gasteiger charge is 2.79. The van der Waals surface area contributed by atoms with Gasteiger partial charge < -0.3 is 14.2 Å². The molecule has 0 aromatic rings. The number of hydrogen-bond donors (Lipinski definition) is 0. The highest BCUT2D eigenvalue weighted by Crippen LogP contribution is 2.77. The lowest BCUT2D eigenvalue weighted by atomic mass is 9.36. The molecule has 0 aromatic carbocycles. The van der Waals surface area contributed by atoms with Gasteiger partial charge in [-0.1, -0.05) is 41.5 Å². The predicted molar refractivity (Wildman–Crippen MR) is 142 cm³/mol. The van der Waals surface area contributed by atoms with Crippen LogP contribution in [0.4, 0.5) is 0 Å². The molecular formula is C32H46O6. The molecule has 6 aliphatic rings. The monoisotopic (exact) mass is 526 g/mol. The van der Waals surface area contributed by atoms with E-state index in [1.54, 1.807) is 0 Å². The van der Waals surface area contributed by atoms with E-state index in [4.69, 9.17) is 14.2 Å². The fourth-order valence-corrected chi connectivity index (χ4v) is 10.6. The van der Waals surface area contributed by atoms with Crippen LogP contribution in [-0.4, -0.2) is 47.0 Å². The minimum Gasteiger partial charge on any atom is -0.460 e. The summed E-state index contributed by atoms with van der Waals surface area (Å²) in [6, 6.07) is 0. The molecule has 0 radical (unpaired) electrons. The van der Waals surface area contributed by atoms with Crippen LogP contribution in [0.3, 0.4) is 0 Å². The van der Waals surface area contributed by atoms with Crippen molar-refractivity contribution >= 4 is 17.5 Å². The van der Waals surface area contributed by atoms with E-state index in [1.807, 2.05) is 19.9 Å². The number of esters is 1. The van der Waals surface area contributed by atoms with Gasteiger partial charge in [0, 0.05) is 30.1 Å². The van der Waals surface area contributed by atoms with E-state index in [1.165, 1.54) is 6.92 Å². The number of ketones is 2. The SMILES string of the molecule is CC(=O)O[C@@H](C[C@@H](C)[C@]12O[C@H]1C[C@@]1(C)C2=CC(=O)[C@H]2[C@@]3(C)CCC(=O)C(C)(C)[C@@H]3CC[C@@]21C)[C@H]1OC1(C)C. The predicted octanol–water partition coefficient (Wildman–Crippen LogP) is 5.61. The second-order valence-electron chi connectivity index (χ2n) is 15.4. The molecule has 3 saturated carbocycles. The van der Waals surface area contributed by atoms with Crippen LogP contribution in [0.15, 0.2) is 11.6 Å². The molecule has 0 unspecified atom stereocenters. The molecule has 6 heteroatoms. The molecule has 10 atom stereocenters. The van der Waals surface area contributed by atoms with Crippen molar-refractivity contribution in [3.63, 3.8) is 0 Å². The van der Waals surface area contributed by atoms with Crippen LogP contribution in [0.5, 0.6) is 0 Å². The Morgan fingerprint density at radius 1 is 1.08 bits per heavy atom. The minimum absolute atomic E-state index is 0.0797. The maximum atomic E-state index is 14.3. The van der Waals surface area contributed by atoms with Gasteiger partial charge >= 0.3 is 5.97 Å². The molecular weight excluding hydrogens is 480 g/mol. The third-order valence-electron chi connectivity index (χ3n) is 12.8. The molecule has 0 N–H and O–H groups in total. The van der Waals surface area contributed by atoms with Crippen molar-refractivity contribution in [1.29, 1.82) is 0 Å². The molecule has 38 heavy (non-hydrogen) atoms. The molecule has 0 bridgehead atoms. The van der Waals surface area contributed by atoms with Crippen molar-refractivity contribution in [1.82, 2.24) is 0 Å². The van der Waals surface area contributed by atoms with E-state index in [0.29, 0.717) is 18.6 Å². The molecule has 0 aromatic heterocycles. The molecule has 5 fully saturated rings. The van der Waals surface area contributed by atoms with E-state index in [9.17, 15) is 14.4 Å². The van der Waals surface area contributed by atoms with Crippen molar-refractivity contribution in [3.05, 3.63) is 11.6 Å². The van der Waals surface area contributed by atoms with E-state index >= 15 is 0 Å². The van der Waals surface area contributed by atoms with Crippen LogP contribution < -0.4 is 0 Å². The molecule has 2 aliphatic heterocycles. The first-order valence-corrected chi connectivity index (χ1v) is 14.8. The highest BCUT2D eigenvalue weighted by molar-refractivity contribution is 5.97. The lowest BCUT2D eigenvalue weighted by Gasteiger charge is -2.66. The molecule has 6 nitrogen and oxygen atoms in total. The van der Waals surface area contributed by atoms with E-state index in [-0.39, 0.29) is 75.1 Å². The second kappa shape index (κ2) is 7.60. The van der Waals surface area contributed by atoms with E-state index in [0.717, 1.165) is 31.3 Å². The number of ether oxygens (including phenoxy) is 3. The summed E-state index contributed by atoms with van der Waals surface area (Å²) in [5.41, 5.74) is -0.512. The van der Waals surface area contributed by atoms with E-state index < -0.39 is 5.60 Å². The van der Waals surface area contributed by atoms with Crippen molar-refractivity contribution < 1.29 is 28.6 Å². The first-order valence-electron chi connectivity index (χ1n) is 14.8. The Kier molecular flexibility index (Phi) is 5.34. The Morgan fingerprint density at radius 3 is 2.34 bits per heavy atom. The number of fused-ring (bicyclic) bond motifs is 7. The number of Topliss-reactive ketones (excluding diaryl/α,β-unsaturated/α-hetero) is 1. The Morgan fingerprint density at radius 2 is 1.74 bits per heavy atom. The number of carbonyl (C=O) groups excluding carboxylic acids is 3. The quantitative estimate of drug-likeness (QED) is 0.342. The van der Waals surface area contributed by atoms with Crippen molar-refractivity contribution in [2.45, 2.75) is 130 Å². The van der Waals surface area contributed by atoms with Crippen LogP contribution in [0, 0.1) is 39.4 Å². The summed E-state index contributed by atoms with van der Waals surface area (Å²) in [5.74, 6) is 0.497. The Balaban J connectivity index is 1.35. The van der Waals surface area contributed by atoms with Crippen molar-refractivity contribution in [2.24, 2.45) is 39.4 Å². The summed E-state index contributed by atoms with van der Waals surface area (Å²) >= 11 is 0. The number of rotatable bonds is 5. The van der Waals surface area contributed by atoms with Crippen LogP contribution in [0.2, 0.25) is 0 Å². The molecule has 2 heterocycles. The van der Waals surface area contributed by atoms with Gasteiger partial charge in [0.25, 0.3) is 0 Å². The van der Waals surface area contributed by atoms with Crippen LogP contribution in [0.25, 0.3) is 0 Å². The van der Waals surface area contributed by atoms with Gasteiger partial charge in [0.2, 0.25) is 0 Å². The molecule has 2 saturated heterocycles. The summed E-state index contributed by atoms with van der Waals surface area (Å²) in [6.07, 6.45) is 6.45. The zero-order valence-electron chi connectivity index (χ0n) is 24.7. The van der Waals surface area contributed by atoms with Gasteiger partial charge in [0.15, 0.2) is 5.78 Å². The number of epoxide rings is 2. The van der Waals surface area contributed by atoms with Crippen molar-refractivity contribution in [3.8, 4) is 0 Å². The average Bonchev–Trinajstić information content (AvgIpc) is 3.64. The number of allylic oxidation sites excluding steroid dienone is 1. The zero-order chi connectivity index (χ0) is 27.8. The Bertz CT molecular complexity index is 1150. The van der Waals surface area contributed by atoms with Crippen molar-refractivity contribution in [2.75, 3.05) is 0 Å². The highest BCUT2D eigenvalue weighted by atomic mass is 16.6. The first kappa shape index (κ1) is 26.7. The van der Waals surface area contributed by atoms with Gasteiger partial charge in [-0.05, 0) is 80.3 Å². The summed E-state index contributed by atoms with van der Waals surface area (Å²) in [6.45, 7) is 19.0. The zero-order valence-corrected chi connectivity index (χ0v) is 24.7. The summed E-state index contributed by atoms with van der Waals surface area (Å²) in [7, 11) is 0. The maximum Gasteiger partial charge on any atom is 0.302 e. The summed E-state index contributed by atoms with van der Waals surface area (Å²) in [4.78, 5) is 39.1. The summed E-state index contributed by atoms with van der Waals surface area (Å²) in [5, 5.41) is 0. The topological polar surface area (TPSA) is 85.5 Å². The van der Waals surface area contributed by atoms with Gasteiger partial charge in [-0.2, -0.15) is 0 Å². The Hall–Kier alpha value is -1.53. The van der Waals surface area contributed by atoms with Crippen LogP contribution >= 0.6 is 0 Å². The summed E-state index contributed by atoms with van der Waals surface area (Å²) < 4.78 is 18.1. The third kappa shape index (κ3) is 3.16. The smallest absolute Gasteiger partial charge is 0.302 e. The minimum atomic E-state index is -0.477. The lowest BCUT2D eigenvalue weighted by Crippen LogP contribution is -2.64. The van der Waals surface area contributed by atoms with Crippen LogP contribution in [0.1, 0.15) is 101 Å². The fourth-order valence-electron chi connectivity index (χ4n) is 10.6. The van der Waals surface area contributed by atoms with Gasteiger partial charge in [-0.3, -0.25) is 14.4 Å². The maximum absolute atomic E-state index is 14.3. The fraction of sp³-hybridized carbons (Fsp3) is 0.844. The molecule has 6 rings (SSSR count). The molecule has 0 spiro atoms. The lowest BCUT2D eigenvalue weighted by molar-refractivity contribution is -0.182. The van der Waals surface area contributed by atoms with Gasteiger partial charge in [-0.25, -0.2) is 0 Å². The van der Waals surface area contributed by atoms with E-state index in [2.05, 4.69) is 41.5 Å². The molecule has 0 amide bonds. The first-order chi connectivity index (χ1) is 17.4. The van der Waals surface area contributed by atoms with Gasteiger partial charge in [0.1, 0.15) is 23.6 Å². The number of carbonyl (C=O) groups is 3. The number of hydrogen-bond acceptors (Lipinski definition) is 6. The van der Waals surface area contributed by atoms with Gasteiger partial charge in [0.05, 0.1) is 11.7 Å². The molecule has 4 aliphatic carbocycles. The van der Waals surface area contributed by atoms with Gasteiger partial charge in [-0.15, -0.1) is 0 Å². The van der Waals surface area contributed by atoms with Crippen LogP contribution in [-0.2, 0) is 28.6 Å².